The first-order valence-corrected chi connectivity index (χ1v) is 7.65. The van der Waals surface area contributed by atoms with Gasteiger partial charge in [0.2, 0.25) is 5.90 Å². The van der Waals surface area contributed by atoms with E-state index in [0.717, 1.165) is 5.56 Å². The normalized spacial score (nSPS) is 15.2. The molecule has 3 rings (SSSR count). The molecule has 0 atom stereocenters. The number of nitro groups is 1. The van der Waals surface area contributed by atoms with Gasteiger partial charge in [-0.25, -0.2) is 9.79 Å². The number of para-hydroxylation sites is 2. The van der Waals surface area contributed by atoms with E-state index in [1.165, 1.54) is 24.3 Å². The second kappa shape index (κ2) is 7.43. The first-order chi connectivity index (χ1) is 12.6. The van der Waals surface area contributed by atoms with E-state index in [1.54, 1.807) is 25.3 Å². The molecule has 7 heteroatoms. The summed E-state index contributed by atoms with van der Waals surface area (Å²) in [5, 5.41) is 11.1. The van der Waals surface area contributed by atoms with E-state index in [1.807, 2.05) is 24.3 Å². The van der Waals surface area contributed by atoms with Gasteiger partial charge < -0.3 is 9.47 Å². The number of methoxy groups -OCH3 is 1. The molecule has 7 nitrogen and oxygen atoms in total. The van der Waals surface area contributed by atoms with Crippen LogP contribution in [-0.4, -0.2) is 23.9 Å². The summed E-state index contributed by atoms with van der Waals surface area (Å²) >= 11 is 0. The number of hydrogen-bond donors (Lipinski definition) is 0. The van der Waals surface area contributed by atoms with Crippen molar-refractivity contribution in [2.45, 2.75) is 0 Å². The van der Waals surface area contributed by atoms with Crippen molar-refractivity contribution in [3.05, 3.63) is 81.5 Å². The molecule has 2 aromatic carbocycles. The fourth-order valence-corrected chi connectivity index (χ4v) is 2.39. The third kappa shape index (κ3) is 3.67. The quantitative estimate of drug-likeness (QED) is 0.355. The van der Waals surface area contributed by atoms with Crippen molar-refractivity contribution < 1.29 is 19.2 Å². The molecule has 0 unspecified atom stereocenters. The molecular weight excluding hydrogens is 336 g/mol. The van der Waals surface area contributed by atoms with Crippen molar-refractivity contribution >= 4 is 29.7 Å². The summed E-state index contributed by atoms with van der Waals surface area (Å²) in [4.78, 5) is 26.6. The number of rotatable bonds is 5. The molecule has 130 valence electrons. The van der Waals surface area contributed by atoms with Gasteiger partial charge in [-0.15, -0.1) is 0 Å². The SMILES string of the molecule is COc1ccccc1/C=C/C1=NC(=C/c2ccccc2[N+](=O)[O-])/C(=O)O1. The highest BCUT2D eigenvalue weighted by Crippen LogP contribution is 2.24. The first-order valence-electron chi connectivity index (χ1n) is 7.65. The molecule has 1 aliphatic heterocycles. The Balaban J connectivity index is 1.88. The van der Waals surface area contributed by atoms with Crippen molar-refractivity contribution in [3.63, 3.8) is 0 Å². The Hall–Kier alpha value is -3.74. The maximum atomic E-state index is 12.0. The fraction of sp³-hybridized carbons (Fsp3) is 0.0526. The lowest BCUT2D eigenvalue weighted by atomic mass is 10.1. The lowest BCUT2D eigenvalue weighted by molar-refractivity contribution is -0.385. The Labute approximate surface area is 149 Å². The van der Waals surface area contributed by atoms with Gasteiger partial charge >= 0.3 is 5.97 Å². The summed E-state index contributed by atoms with van der Waals surface area (Å²) in [5.41, 5.74) is 0.966. The minimum absolute atomic E-state index is 0.000948. The highest BCUT2D eigenvalue weighted by Gasteiger charge is 2.23. The van der Waals surface area contributed by atoms with Gasteiger partial charge in [0.15, 0.2) is 5.70 Å². The van der Waals surface area contributed by atoms with Crippen molar-refractivity contribution in [1.29, 1.82) is 0 Å². The lowest BCUT2D eigenvalue weighted by Crippen LogP contribution is -2.01. The van der Waals surface area contributed by atoms with Crippen molar-refractivity contribution in [2.75, 3.05) is 7.11 Å². The third-order valence-corrected chi connectivity index (χ3v) is 3.61. The van der Waals surface area contributed by atoms with E-state index in [0.29, 0.717) is 5.75 Å². The number of carbonyl (C=O) groups is 1. The topological polar surface area (TPSA) is 91.0 Å². The maximum absolute atomic E-state index is 12.0. The second-order valence-electron chi connectivity index (χ2n) is 5.26. The van der Waals surface area contributed by atoms with Gasteiger partial charge in [0.05, 0.1) is 17.6 Å². The summed E-state index contributed by atoms with van der Waals surface area (Å²) in [6.45, 7) is 0. The number of aliphatic imine (C=N–C) groups is 1. The number of nitrogens with zero attached hydrogens (tertiary/aromatic N) is 2. The predicted octanol–water partition coefficient (Wildman–Crippen LogP) is 3.61. The Morgan fingerprint density at radius 1 is 1.08 bits per heavy atom. The highest BCUT2D eigenvalue weighted by atomic mass is 16.6. The lowest BCUT2D eigenvalue weighted by Gasteiger charge is -2.02. The molecule has 0 spiro atoms. The van der Waals surface area contributed by atoms with Gasteiger partial charge in [0, 0.05) is 17.7 Å². The Morgan fingerprint density at radius 3 is 2.50 bits per heavy atom. The molecule has 1 heterocycles. The van der Waals surface area contributed by atoms with E-state index < -0.39 is 10.9 Å². The predicted molar refractivity (Wildman–Crippen MR) is 96.6 cm³/mol. The molecule has 0 aromatic heterocycles. The second-order valence-corrected chi connectivity index (χ2v) is 5.26. The molecule has 0 aliphatic carbocycles. The number of benzene rings is 2. The summed E-state index contributed by atoms with van der Waals surface area (Å²) in [7, 11) is 1.56. The largest absolute Gasteiger partial charge is 0.496 e. The number of carbonyl (C=O) groups excluding carboxylic acids is 1. The monoisotopic (exact) mass is 350 g/mol. The van der Waals surface area contributed by atoms with Gasteiger partial charge in [0.25, 0.3) is 5.69 Å². The van der Waals surface area contributed by atoms with Crippen LogP contribution in [-0.2, 0) is 9.53 Å². The van der Waals surface area contributed by atoms with Gasteiger partial charge in [-0.3, -0.25) is 10.1 Å². The van der Waals surface area contributed by atoms with Crippen LogP contribution >= 0.6 is 0 Å². The number of nitro benzene ring substituents is 1. The molecule has 26 heavy (non-hydrogen) atoms. The molecular formula is C19H14N2O5. The van der Waals surface area contributed by atoms with Crippen LogP contribution in [0.3, 0.4) is 0 Å². The standard InChI is InChI=1S/C19H14N2O5/c1-25-17-9-5-3-6-13(17)10-11-18-20-15(19(22)26-18)12-14-7-2-4-8-16(14)21(23)24/h2-12H,1H3/b11-10+,15-12+. The van der Waals surface area contributed by atoms with Gasteiger partial charge in [0.1, 0.15) is 5.75 Å². The average molecular weight is 350 g/mol. The van der Waals surface area contributed by atoms with Crippen LogP contribution in [0.25, 0.3) is 12.2 Å². The van der Waals surface area contributed by atoms with Gasteiger partial charge in [-0.2, -0.15) is 0 Å². The van der Waals surface area contributed by atoms with E-state index in [9.17, 15) is 14.9 Å². The summed E-state index contributed by atoms with van der Waals surface area (Å²) in [6.07, 6.45) is 4.58. The van der Waals surface area contributed by atoms with Gasteiger partial charge in [-0.1, -0.05) is 30.3 Å². The van der Waals surface area contributed by atoms with Crippen molar-refractivity contribution in [1.82, 2.24) is 0 Å². The molecule has 0 saturated heterocycles. The number of cyclic esters (lactones) is 1. The van der Waals surface area contributed by atoms with E-state index in [4.69, 9.17) is 9.47 Å². The maximum Gasteiger partial charge on any atom is 0.363 e. The minimum Gasteiger partial charge on any atom is -0.496 e. The Morgan fingerprint density at radius 2 is 1.77 bits per heavy atom. The number of esters is 1. The minimum atomic E-state index is -0.664. The van der Waals surface area contributed by atoms with E-state index >= 15 is 0 Å². The smallest absolute Gasteiger partial charge is 0.363 e. The van der Waals surface area contributed by atoms with Crippen LogP contribution in [0.5, 0.6) is 5.75 Å². The molecule has 0 radical (unpaired) electrons. The summed E-state index contributed by atoms with van der Waals surface area (Å²) in [6, 6.07) is 13.4. The van der Waals surface area contributed by atoms with Gasteiger partial charge in [-0.05, 0) is 24.3 Å². The van der Waals surface area contributed by atoms with Crippen LogP contribution in [0.4, 0.5) is 5.69 Å². The Bertz CT molecular complexity index is 960. The van der Waals surface area contributed by atoms with Crippen molar-refractivity contribution in [2.24, 2.45) is 4.99 Å². The van der Waals surface area contributed by atoms with Crippen LogP contribution in [0.15, 0.2) is 65.3 Å². The molecule has 0 bridgehead atoms. The molecule has 0 amide bonds. The highest BCUT2D eigenvalue weighted by molar-refractivity contribution is 6.11. The molecule has 1 aliphatic rings. The number of ether oxygens (including phenoxy) is 2. The van der Waals surface area contributed by atoms with Crippen LogP contribution in [0.1, 0.15) is 11.1 Å². The molecule has 0 N–H and O–H groups in total. The zero-order valence-corrected chi connectivity index (χ0v) is 13.8. The molecule has 0 fully saturated rings. The van der Waals surface area contributed by atoms with Crippen LogP contribution < -0.4 is 4.74 Å². The first kappa shape index (κ1) is 17.1. The zero-order valence-electron chi connectivity index (χ0n) is 13.8. The van der Waals surface area contributed by atoms with Crippen LogP contribution in [0, 0.1) is 10.1 Å². The van der Waals surface area contributed by atoms with E-state index in [2.05, 4.69) is 4.99 Å². The number of hydrogen-bond acceptors (Lipinski definition) is 6. The van der Waals surface area contributed by atoms with Crippen molar-refractivity contribution in [3.8, 4) is 5.75 Å². The summed E-state index contributed by atoms with van der Waals surface area (Å²) in [5.74, 6) is 0.109. The third-order valence-electron chi connectivity index (χ3n) is 3.61. The average Bonchev–Trinajstić information content (AvgIpc) is 3.00. The molecule has 0 saturated carbocycles. The van der Waals surface area contributed by atoms with Crippen LogP contribution in [0.2, 0.25) is 0 Å². The Kier molecular flexibility index (Phi) is 4.89. The zero-order chi connectivity index (χ0) is 18.5. The summed E-state index contributed by atoms with van der Waals surface area (Å²) < 4.78 is 10.3. The molecule has 2 aromatic rings. The fourth-order valence-electron chi connectivity index (χ4n) is 2.39. The van der Waals surface area contributed by atoms with E-state index in [-0.39, 0.29) is 22.8 Å².